The minimum Gasteiger partial charge on any atom is -0.358 e. The molecule has 52 heavy (non-hydrogen) atoms. The summed E-state index contributed by atoms with van der Waals surface area (Å²) >= 11 is 0. The van der Waals surface area contributed by atoms with Gasteiger partial charge in [0.25, 0.3) is 0 Å². The van der Waals surface area contributed by atoms with Gasteiger partial charge in [-0.15, -0.1) is 0 Å². The molecule has 0 amide bonds. The number of pyridine rings is 1. The normalized spacial score (nSPS) is 17.2. The van der Waals surface area contributed by atoms with Crippen LogP contribution in [0.5, 0.6) is 0 Å². The van der Waals surface area contributed by atoms with E-state index in [1.165, 1.54) is 55.6 Å². The van der Waals surface area contributed by atoms with Crippen molar-refractivity contribution in [2.45, 2.75) is 30.8 Å². The van der Waals surface area contributed by atoms with Gasteiger partial charge in [-0.05, 0) is 91.0 Å². The highest BCUT2D eigenvalue weighted by molar-refractivity contribution is 6.13. The molecule has 0 bridgehead atoms. The second-order valence-corrected chi connectivity index (χ2v) is 14.6. The second-order valence-electron chi connectivity index (χ2n) is 14.6. The third-order valence-electron chi connectivity index (χ3n) is 11.5. The summed E-state index contributed by atoms with van der Waals surface area (Å²) in [4.78, 5) is 9.80. The third kappa shape index (κ3) is 4.45. The van der Waals surface area contributed by atoms with E-state index in [-0.39, 0.29) is 17.0 Å². The van der Waals surface area contributed by atoms with Crippen molar-refractivity contribution in [1.82, 2.24) is 10.3 Å². The van der Waals surface area contributed by atoms with Crippen molar-refractivity contribution in [1.29, 1.82) is 0 Å². The lowest BCUT2D eigenvalue weighted by molar-refractivity contribution is 0.563. The number of hydrogen-bond acceptors (Lipinski definition) is 3. The lowest BCUT2D eigenvalue weighted by Crippen LogP contribution is -2.40. The van der Waals surface area contributed by atoms with Crippen molar-refractivity contribution in [3.05, 3.63) is 226 Å². The van der Waals surface area contributed by atoms with Gasteiger partial charge in [0.05, 0.1) is 22.5 Å². The zero-order chi connectivity index (χ0) is 34.9. The molecule has 1 aromatic heterocycles. The molecule has 3 aliphatic rings. The van der Waals surface area contributed by atoms with Gasteiger partial charge >= 0.3 is 0 Å². The molecule has 7 aromatic rings. The molecule has 10 rings (SSSR count). The number of allylic oxidation sites excluding steroid dienone is 1. The average molecular weight is 668 g/mol. The summed E-state index contributed by atoms with van der Waals surface area (Å²) in [5.41, 5.74) is 17.8. The Morgan fingerprint density at radius 1 is 0.500 bits per heavy atom. The molecule has 6 aromatic carbocycles. The SMILES string of the molecule is CC1(C)c2ccccc2C2(c3ccccc3-c3cc(-c4ccc(C5=NC(c6ccccc6)NC(c6ccccn6)=C5)cc4)ccc32)c2ccccc21. The van der Waals surface area contributed by atoms with Gasteiger partial charge in [-0.3, -0.25) is 9.98 Å². The van der Waals surface area contributed by atoms with Crippen LogP contribution >= 0.6 is 0 Å². The molecule has 1 unspecified atom stereocenters. The Bertz CT molecular complexity index is 2510. The Morgan fingerprint density at radius 3 is 1.77 bits per heavy atom. The highest BCUT2D eigenvalue weighted by Gasteiger charge is 2.53. The topological polar surface area (TPSA) is 37.3 Å². The molecule has 2 heterocycles. The first-order valence-corrected chi connectivity index (χ1v) is 18.1. The summed E-state index contributed by atoms with van der Waals surface area (Å²) in [6.45, 7) is 4.75. The van der Waals surface area contributed by atoms with E-state index < -0.39 is 0 Å². The Kier molecular flexibility index (Phi) is 6.81. The zero-order valence-corrected chi connectivity index (χ0v) is 29.2. The standard InChI is InChI=1S/C49H37N3/c1-48(2)40-18-8-10-20-42(40)49(43-21-11-9-19-41(43)48)38-17-7-6-16-36(38)37-30-35(27-28-39(37)49)32-23-25-33(26-24-32)45-31-46(44-22-12-13-29-50-44)52-47(51-45)34-14-4-3-5-15-34/h3-31,47,52H,1-2H3. The van der Waals surface area contributed by atoms with E-state index in [4.69, 9.17) is 4.99 Å². The van der Waals surface area contributed by atoms with E-state index in [2.05, 4.69) is 170 Å². The molecule has 0 saturated heterocycles. The van der Waals surface area contributed by atoms with Gasteiger partial charge in [0.2, 0.25) is 0 Å². The van der Waals surface area contributed by atoms with E-state index in [1.54, 1.807) is 0 Å². The number of benzene rings is 6. The first kappa shape index (κ1) is 30.5. The number of fused-ring (bicyclic) bond motifs is 9. The minimum absolute atomic E-state index is 0.106. The van der Waals surface area contributed by atoms with Crippen LogP contribution < -0.4 is 5.32 Å². The van der Waals surface area contributed by atoms with Crippen molar-refractivity contribution < 1.29 is 0 Å². The van der Waals surface area contributed by atoms with Crippen LogP contribution in [-0.4, -0.2) is 10.7 Å². The van der Waals surface area contributed by atoms with Crippen molar-refractivity contribution in [2.75, 3.05) is 0 Å². The van der Waals surface area contributed by atoms with Gasteiger partial charge in [0, 0.05) is 11.6 Å². The van der Waals surface area contributed by atoms with Gasteiger partial charge in [-0.1, -0.05) is 159 Å². The fraction of sp³-hybridized carbons (Fsp3) is 0.102. The van der Waals surface area contributed by atoms with E-state index in [9.17, 15) is 0 Å². The fourth-order valence-corrected chi connectivity index (χ4v) is 9.03. The Morgan fingerprint density at radius 2 is 1.08 bits per heavy atom. The lowest BCUT2D eigenvalue weighted by Gasteiger charge is -2.46. The van der Waals surface area contributed by atoms with Crippen molar-refractivity contribution >= 4 is 11.4 Å². The van der Waals surface area contributed by atoms with Gasteiger partial charge < -0.3 is 5.32 Å². The smallest absolute Gasteiger partial charge is 0.145 e. The van der Waals surface area contributed by atoms with Crippen molar-refractivity contribution in [3.8, 4) is 22.3 Å². The van der Waals surface area contributed by atoms with Gasteiger partial charge in [0.15, 0.2) is 0 Å². The van der Waals surface area contributed by atoms with E-state index in [0.717, 1.165) is 28.2 Å². The predicted octanol–water partition coefficient (Wildman–Crippen LogP) is 10.9. The van der Waals surface area contributed by atoms with Crippen LogP contribution in [0.1, 0.15) is 70.2 Å². The van der Waals surface area contributed by atoms with Gasteiger partial charge in [0.1, 0.15) is 6.17 Å². The fourth-order valence-electron chi connectivity index (χ4n) is 9.03. The number of hydrogen-bond donors (Lipinski definition) is 1. The number of aliphatic imine (C=N–C) groups is 1. The Labute approximate surface area is 305 Å². The van der Waals surface area contributed by atoms with Crippen molar-refractivity contribution in [2.24, 2.45) is 4.99 Å². The summed E-state index contributed by atoms with van der Waals surface area (Å²) in [5, 5.41) is 3.61. The maximum Gasteiger partial charge on any atom is 0.145 e. The third-order valence-corrected chi connectivity index (χ3v) is 11.5. The van der Waals surface area contributed by atoms with Crippen LogP contribution in [0.3, 0.4) is 0 Å². The van der Waals surface area contributed by atoms with Crippen LogP contribution in [-0.2, 0) is 10.8 Å². The summed E-state index contributed by atoms with van der Waals surface area (Å²) in [5.74, 6) is 0. The quantitative estimate of drug-likeness (QED) is 0.203. The van der Waals surface area contributed by atoms with E-state index in [1.807, 2.05) is 30.5 Å². The van der Waals surface area contributed by atoms with Gasteiger partial charge in [-0.25, -0.2) is 0 Å². The summed E-state index contributed by atoms with van der Waals surface area (Å²) in [7, 11) is 0. The number of nitrogens with one attached hydrogen (secondary N) is 1. The molecule has 0 saturated carbocycles. The molecular weight excluding hydrogens is 631 g/mol. The minimum atomic E-state index is -0.378. The zero-order valence-electron chi connectivity index (χ0n) is 29.2. The molecule has 3 nitrogen and oxygen atoms in total. The van der Waals surface area contributed by atoms with Crippen LogP contribution in [0, 0.1) is 0 Å². The highest BCUT2D eigenvalue weighted by atomic mass is 15.1. The molecule has 0 fully saturated rings. The largest absolute Gasteiger partial charge is 0.358 e. The van der Waals surface area contributed by atoms with E-state index in [0.29, 0.717) is 0 Å². The summed E-state index contributed by atoms with van der Waals surface area (Å²) in [6, 6.07) is 59.7. The Balaban J connectivity index is 1.08. The predicted molar refractivity (Wildman–Crippen MR) is 212 cm³/mol. The average Bonchev–Trinajstić information content (AvgIpc) is 3.51. The maximum atomic E-state index is 5.17. The van der Waals surface area contributed by atoms with Crippen LogP contribution in [0.25, 0.3) is 28.0 Å². The molecule has 248 valence electrons. The number of nitrogens with zero attached hydrogens (tertiary/aromatic N) is 2. The first-order valence-electron chi connectivity index (χ1n) is 18.1. The molecule has 0 radical (unpaired) electrons. The Hall–Kier alpha value is -6.32. The molecule has 3 heteroatoms. The van der Waals surface area contributed by atoms with Crippen molar-refractivity contribution in [3.63, 3.8) is 0 Å². The molecule has 2 aliphatic carbocycles. The van der Waals surface area contributed by atoms with Crippen LogP contribution in [0.15, 0.2) is 181 Å². The lowest BCUT2D eigenvalue weighted by atomic mass is 9.55. The summed E-state index contributed by atoms with van der Waals surface area (Å²) in [6.07, 6.45) is 3.74. The summed E-state index contributed by atoms with van der Waals surface area (Å²) < 4.78 is 0. The molecule has 1 aliphatic heterocycles. The maximum absolute atomic E-state index is 5.17. The highest BCUT2D eigenvalue weighted by Crippen LogP contribution is 2.62. The van der Waals surface area contributed by atoms with E-state index >= 15 is 0 Å². The molecule has 1 atom stereocenters. The molecular formula is C49H37N3. The number of rotatable bonds is 4. The first-order chi connectivity index (χ1) is 25.5. The monoisotopic (exact) mass is 667 g/mol. The molecule has 1 N–H and O–H groups in total. The van der Waals surface area contributed by atoms with Crippen LogP contribution in [0.4, 0.5) is 0 Å². The molecule has 1 spiro atoms. The van der Waals surface area contributed by atoms with Gasteiger partial charge in [-0.2, -0.15) is 0 Å². The number of aromatic nitrogens is 1. The van der Waals surface area contributed by atoms with Crippen LogP contribution in [0.2, 0.25) is 0 Å². The second kappa shape index (κ2) is 11.6.